The highest BCUT2D eigenvalue weighted by Crippen LogP contribution is 2.66. The summed E-state index contributed by atoms with van der Waals surface area (Å²) in [5, 5.41) is 10.4. The van der Waals surface area contributed by atoms with Crippen LogP contribution < -0.4 is 0 Å². The molecule has 1 N–H and O–H groups in total. The molecule has 0 aromatic rings. The van der Waals surface area contributed by atoms with Crippen LogP contribution in [0, 0.1) is 28.6 Å². The number of likely N-dealkylation sites (tertiary alicyclic amines) is 1. The van der Waals surface area contributed by atoms with Gasteiger partial charge in [0, 0.05) is 26.2 Å². The molecule has 2 aliphatic carbocycles. The zero-order valence-electron chi connectivity index (χ0n) is 16.6. The Kier molecular flexibility index (Phi) is 5.36. The monoisotopic (exact) mass is 337 g/mol. The zero-order valence-corrected chi connectivity index (χ0v) is 16.6. The summed E-state index contributed by atoms with van der Waals surface area (Å²) < 4.78 is 6.30. The fourth-order valence-corrected chi connectivity index (χ4v) is 6.06. The van der Waals surface area contributed by atoms with Gasteiger partial charge >= 0.3 is 0 Å². The normalized spacial score (nSPS) is 43.2. The number of nitrogens with zero attached hydrogens (tertiary/aromatic N) is 1. The lowest BCUT2D eigenvalue weighted by molar-refractivity contribution is -0.0572. The molecule has 0 radical (unpaired) electrons. The van der Waals surface area contributed by atoms with Crippen molar-refractivity contribution in [3.8, 4) is 0 Å². The molecule has 3 fully saturated rings. The van der Waals surface area contributed by atoms with E-state index in [4.69, 9.17) is 4.74 Å². The summed E-state index contributed by atoms with van der Waals surface area (Å²) in [5.74, 6) is 2.34. The standard InChI is InChI=1S/C21H39NO2/c1-15-10-16(2)13-22(12-15)14-18(23)7-9-24-19-11-17-6-8-21(19,5)20(17,3)4/h15-19,23H,6-14H2,1-5H3/t15-,16+,17-,18+,19+,21-/m1/s1. The van der Waals surface area contributed by atoms with Crippen LogP contribution in [-0.4, -0.2) is 48.5 Å². The van der Waals surface area contributed by atoms with Crippen LogP contribution in [-0.2, 0) is 4.74 Å². The van der Waals surface area contributed by atoms with Crippen molar-refractivity contribution in [2.24, 2.45) is 28.6 Å². The molecule has 0 unspecified atom stereocenters. The van der Waals surface area contributed by atoms with E-state index < -0.39 is 0 Å². The van der Waals surface area contributed by atoms with E-state index in [1.165, 1.54) is 25.7 Å². The molecule has 2 saturated carbocycles. The van der Waals surface area contributed by atoms with Crippen LogP contribution in [0.5, 0.6) is 0 Å². The lowest BCUT2D eigenvalue weighted by atomic mass is 9.70. The molecule has 0 aromatic carbocycles. The van der Waals surface area contributed by atoms with Gasteiger partial charge in [0.25, 0.3) is 0 Å². The molecule has 1 heterocycles. The van der Waals surface area contributed by atoms with E-state index in [0.717, 1.165) is 43.8 Å². The molecule has 0 amide bonds. The van der Waals surface area contributed by atoms with Gasteiger partial charge in [0.05, 0.1) is 12.2 Å². The molecule has 6 atom stereocenters. The summed E-state index contributed by atoms with van der Waals surface area (Å²) in [7, 11) is 0. The maximum atomic E-state index is 10.4. The van der Waals surface area contributed by atoms with E-state index in [-0.39, 0.29) is 6.10 Å². The van der Waals surface area contributed by atoms with E-state index in [1.807, 2.05) is 0 Å². The minimum atomic E-state index is -0.248. The third-order valence-electron chi connectivity index (χ3n) is 7.90. The molecule has 3 rings (SSSR count). The van der Waals surface area contributed by atoms with Crippen LogP contribution >= 0.6 is 0 Å². The minimum Gasteiger partial charge on any atom is -0.392 e. The van der Waals surface area contributed by atoms with Crippen molar-refractivity contribution in [3.05, 3.63) is 0 Å². The van der Waals surface area contributed by atoms with Crippen molar-refractivity contribution < 1.29 is 9.84 Å². The van der Waals surface area contributed by atoms with Gasteiger partial charge in [-0.05, 0) is 60.7 Å². The second-order valence-electron chi connectivity index (χ2n) is 10.1. The lowest BCUT2D eigenvalue weighted by Crippen LogP contribution is -2.43. The highest BCUT2D eigenvalue weighted by molar-refractivity contribution is 5.11. The van der Waals surface area contributed by atoms with E-state index in [9.17, 15) is 5.11 Å². The predicted octanol–water partition coefficient (Wildman–Crippen LogP) is 3.95. The van der Waals surface area contributed by atoms with E-state index >= 15 is 0 Å². The van der Waals surface area contributed by atoms with Crippen LogP contribution in [0.4, 0.5) is 0 Å². The minimum absolute atomic E-state index is 0.248. The summed E-state index contributed by atoms with van der Waals surface area (Å²) in [5.41, 5.74) is 0.747. The Morgan fingerprint density at radius 1 is 1.12 bits per heavy atom. The third-order valence-corrected chi connectivity index (χ3v) is 7.90. The smallest absolute Gasteiger partial charge is 0.0689 e. The average Bonchev–Trinajstić information content (AvgIpc) is 2.79. The molecule has 0 spiro atoms. The second kappa shape index (κ2) is 6.89. The Hall–Kier alpha value is -0.120. The van der Waals surface area contributed by atoms with Crippen molar-refractivity contribution in [1.82, 2.24) is 4.90 Å². The van der Waals surface area contributed by atoms with Crippen LogP contribution in [0.3, 0.4) is 0 Å². The third kappa shape index (κ3) is 3.41. The summed E-state index contributed by atoms with van der Waals surface area (Å²) in [4.78, 5) is 2.45. The first-order chi connectivity index (χ1) is 11.2. The van der Waals surface area contributed by atoms with Crippen molar-refractivity contribution in [3.63, 3.8) is 0 Å². The Labute approximate surface area is 149 Å². The van der Waals surface area contributed by atoms with Crippen molar-refractivity contribution in [2.75, 3.05) is 26.2 Å². The van der Waals surface area contributed by atoms with Crippen LogP contribution in [0.25, 0.3) is 0 Å². The second-order valence-corrected chi connectivity index (χ2v) is 10.1. The largest absolute Gasteiger partial charge is 0.392 e. The number of β-amino-alcohol motifs (C(OH)–C–C–N with tert-alkyl or cyclic N) is 1. The quantitative estimate of drug-likeness (QED) is 0.796. The summed E-state index contributed by atoms with van der Waals surface area (Å²) in [6.45, 7) is 15.8. The van der Waals surface area contributed by atoms with Gasteiger partial charge in [-0.25, -0.2) is 0 Å². The first-order valence-electron chi connectivity index (χ1n) is 10.2. The number of rotatable bonds is 6. The maximum Gasteiger partial charge on any atom is 0.0689 e. The molecule has 2 bridgehead atoms. The highest BCUT2D eigenvalue weighted by Gasteiger charge is 2.61. The molecule has 24 heavy (non-hydrogen) atoms. The molecule has 1 saturated heterocycles. The Bertz CT molecular complexity index is 428. The van der Waals surface area contributed by atoms with E-state index in [0.29, 0.717) is 23.5 Å². The van der Waals surface area contributed by atoms with Crippen LogP contribution in [0.15, 0.2) is 0 Å². The van der Waals surface area contributed by atoms with Gasteiger partial charge in [0.15, 0.2) is 0 Å². The van der Waals surface area contributed by atoms with Gasteiger partial charge in [0.2, 0.25) is 0 Å². The highest BCUT2D eigenvalue weighted by atomic mass is 16.5. The molecular formula is C21H39NO2. The molecule has 1 aliphatic heterocycles. The Morgan fingerprint density at radius 2 is 1.79 bits per heavy atom. The number of hydrogen-bond acceptors (Lipinski definition) is 3. The molecular weight excluding hydrogens is 298 g/mol. The summed E-state index contributed by atoms with van der Waals surface area (Å²) >= 11 is 0. The zero-order chi connectivity index (χ0) is 17.5. The predicted molar refractivity (Wildman–Crippen MR) is 99.0 cm³/mol. The van der Waals surface area contributed by atoms with Gasteiger partial charge in [-0.2, -0.15) is 0 Å². The fraction of sp³-hybridized carbons (Fsp3) is 1.00. The molecule has 3 heteroatoms. The number of ether oxygens (including phenoxy) is 1. The topological polar surface area (TPSA) is 32.7 Å². The molecule has 3 nitrogen and oxygen atoms in total. The molecule has 0 aromatic heterocycles. The Morgan fingerprint density at radius 3 is 2.33 bits per heavy atom. The van der Waals surface area contributed by atoms with Gasteiger partial charge < -0.3 is 14.7 Å². The van der Waals surface area contributed by atoms with E-state index in [1.54, 1.807) is 0 Å². The van der Waals surface area contributed by atoms with Crippen molar-refractivity contribution in [1.29, 1.82) is 0 Å². The van der Waals surface area contributed by atoms with Gasteiger partial charge in [-0.1, -0.05) is 34.6 Å². The summed E-state index contributed by atoms with van der Waals surface area (Å²) in [6.07, 6.45) is 6.15. The SMILES string of the molecule is C[C@@H]1C[C@H](C)CN(C[C@@H](O)CCO[C@H]2C[C@H]3CC[C@@]2(C)C3(C)C)C1. The molecule has 3 aliphatic rings. The van der Waals surface area contributed by atoms with Gasteiger partial charge in [0.1, 0.15) is 0 Å². The first kappa shape index (κ1) is 18.7. The van der Waals surface area contributed by atoms with E-state index in [2.05, 4.69) is 39.5 Å². The number of fused-ring (bicyclic) bond motifs is 2. The van der Waals surface area contributed by atoms with Gasteiger partial charge in [-0.15, -0.1) is 0 Å². The number of piperidine rings is 1. The Balaban J connectivity index is 1.41. The maximum absolute atomic E-state index is 10.4. The average molecular weight is 338 g/mol. The number of aliphatic hydroxyl groups excluding tert-OH is 1. The molecule has 140 valence electrons. The number of aliphatic hydroxyl groups is 1. The van der Waals surface area contributed by atoms with Crippen molar-refractivity contribution >= 4 is 0 Å². The van der Waals surface area contributed by atoms with Crippen LogP contribution in [0.1, 0.15) is 66.7 Å². The summed E-state index contributed by atoms with van der Waals surface area (Å²) in [6, 6.07) is 0. The fourth-order valence-electron chi connectivity index (χ4n) is 6.06. The van der Waals surface area contributed by atoms with Crippen LogP contribution in [0.2, 0.25) is 0 Å². The van der Waals surface area contributed by atoms with Gasteiger partial charge in [-0.3, -0.25) is 0 Å². The van der Waals surface area contributed by atoms with Crippen molar-refractivity contribution in [2.45, 2.75) is 78.9 Å². The number of hydrogen-bond donors (Lipinski definition) is 1. The first-order valence-corrected chi connectivity index (χ1v) is 10.2. The lowest BCUT2D eigenvalue weighted by Gasteiger charge is -2.39.